The molecule has 7 rings (SSSR count). The van der Waals surface area contributed by atoms with E-state index in [1.54, 1.807) is 32.9 Å². The number of alkyl carbamates (subject to hydrolysis) is 1. The fourth-order valence-electron chi connectivity index (χ4n) is 9.73. The Labute approximate surface area is 386 Å². The Balaban J connectivity index is 0.932. The third kappa shape index (κ3) is 10.1. The summed E-state index contributed by atoms with van der Waals surface area (Å²) in [4.78, 5) is 79.2. The highest BCUT2D eigenvalue weighted by Crippen LogP contribution is 2.46. The molecular weight excluding hydrogens is 841 g/mol. The number of hydrogen-bond acceptors (Lipinski definition) is 11. The van der Waals surface area contributed by atoms with Crippen molar-refractivity contribution in [3.05, 3.63) is 86.4 Å². The van der Waals surface area contributed by atoms with E-state index < -0.39 is 28.1 Å². The van der Waals surface area contributed by atoms with Crippen molar-refractivity contribution in [2.24, 2.45) is 5.41 Å². The van der Waals surface area contributed by atoms with Gasteiger partial charge in [-0.2, -0.15) is 5.26 Å². The third-order valence-corrected chi connectivity index (χ3v) is 13.7. The molecule has 3 amide bonds. The summed E-state index contributed by atoms with van der Waals surface area (Å²) in [5.74, 6) is -0.528. The number of anilines is 1. The van der Waals surface area contributed by atoms with Crippen LogP contribution in [0.15, 0.2) is 42.7 Å². The maximum Gasteiger partial charge on any atom is 0.434 e. The number of nitro groups is 1. The summed E-state index contributed by atoms with van der Waals surface area (Å²) in [6.45, 7) is 20.7. The highest BCUT2D eigenvalue weighted by Gasteiger charge is 2.41. The number of rotatable bonds is 14. The maximum absolute atomic E-state index is 14.2. The van der Waals surface area contributed by atoms with Gasteiger partial charge in [-0.1, -0.05) is 45.7 Å². The molecule has 4 aromatic rings. The number of piperazine rings is 1. The zero-order valence-electron chi connectivity index (χ0n) is 39.6. The number of hydrogen-bond donors (Lipinski definition) is 3. The number of nitrogens with zero attached hydrogens (tertiary/aromatic N) is 7. The molecule has 66 heavy (non-hydrogen) atoms. The number of benzene rings is 2. The van der Waals surface area contributed by atoms with Crippen molar-refractivity contribution in [3.63, 3.8) is 0 Å². The van der Waals surface area contributed by atoms with Crippen molar-refractivity contribution >= 4 is 46.2 Å². The summed E-state index contributed by atoms with van der Waals surface area (Å²) in [5.41, 5.74) is 5.23. The zero-order valence-corrected chi connectivity index (χ0v) is 39.6. The molecule has 352 valence electrons. The predicted molar refractivity (Wildman–Crippen MR) is 250 cm³/mol. The van der Waals surface area contributed by atoms with Gasteiger partial charge in [-0.3, -0.25) is 14.4 Å². The first kappa shape index (κ1) is 47.7. The Morgan fingerprint density at radius 3 is 2.48 bits per heavy atom. The summed E-state index contributed by atoms with van der Waals surface area (Å²) in [6, 6.07) is 10.7. The molecule has 2 aliphatic heterocycles. The number of carbonyl (C=O) groups is 4. The van der Waals surface area contributed by atoms with Gasteiger partial charge in [0.1, 0.15) is 24.0 Å². The van der Waals surface area contributed by atoms with Gasteiger partial charge in [0.25, 0.3) is 0 Å². The lowest BCUT2D eigenvalue weighted by Gasteiger charge is -2.44. The molecule has 3 N–H and O–H groups in total. The highest BCUT2D eigenvalue weighted by atomic mass is 16.6. The molecule has 2 saturated heterocycles. The quantitative estimate of drug-likeness (QED) is 0.0907. The van der Waals surface area contributed by atoms with E-state index in [0.717, 1.165) is 52.8 Å². The van der Waals surface area contributed by atoms with Crippen LogP contribution in [0.4, 0.5) is 16.4 Å². The lowest BCUT2D eigenvalue weighted by atomic mass is 9.70. The van der Waals surface area contributed by atoms with E-state index in [4.69, 9.17) is 4.74 Å². The average Bonchev–Trinajstić information content (AvgIpc) is 3.91. The third-order valence-electron chi connectivity index (χ3n) is 13.7. The van der Waals surface area contributed by atoms with Crippen LogP contribution in [0.1, 0.15) is 126 Å². The number of piperidine rings is 1. The number of ketones is 1. The van der Waals surface area contributed by atoms with Gasteiger partial charge in [-0.25, -0.2) is 9.36 Å². The van der Waals surface area contributed by atoms with E-state index in [1.807, 2.05) is 11.0 Å². The van der Waals surface area contributed by atoms with Gasteiger partial charge in [-0.05, 0) is 112 Å². The van der Waals surface area contributed by atoms with Gasteiger partial charge in [-0.15, -0.1) is 0 Å². The predicted octanol–water partition coefficient (Wildman–Crippen LogP) is 6.60. The Bertz CT molecular complexity index is 2550. The molecule has 0 bridgehead atoms. The molecule has 0 unspecified atom stereocenters. The second-order valence-corrected chi connectivity index (χ2v) is 20.2. The Kier molecular flexibility index (Phi) is 13.7. The minimum absolute atomic E-state index is 0.00648. The Hall–Kier alpha value is -6.28. The van der Waals surface area contributed by atoms with Gasteiger partial charge in [0, 0.05) is 78.4 Å². The Morgan fingerprint density at radius 1 is 1.06 bits per heavy atom. The lowest BCUT2D eigenvalue weighted by Crippen LogP contribution is -2.59. The van der Waals surface area contributed by atoms with Crippen molar-refractivity contribution in [2.45, 2.75) is 124 Å². The molecule has 2 atom stereocenters. The summed E-state index contributed by atoms with van der Waals surface area (Å²) < 4.78 is 6.88. The van der Waals surface area contributed by atoms with Crippen molar-refractivity contribution in [3.8, 4) is 6.07 Å². The average molecular weight is 905 g/mol. The number of aryl methyl sites for hydroxylation is 2. The minimum atomic E-state index is -0.933. The van der Waals surface area contributed by atoms with Crippen molar-refractivity contribution in [1.82, 2.24) is 35.0 Å². The van der Waals surface area contributed by atoms with E-state index in [0.29, 0.717) is 75.2 Å². The van der Waals surface area contributed by atoms with Gasteiger partial charge >= 0.3 is 12.0 Å². The number of amides is 3. The number of nitrogens with one attached hydrogen (secondary N) is 3. The smallest absolute Gasteiger partial charge is 0.434 e. The van der Waals surface area contributed by atoms with Crippen molar-refractivity contribution < 1.29 is 28.8 Å². The van der Waals surface area contributed by atoms with E-state index in [1.165, 1.54) is 17.0 Å². The minimum Gasteiger partial charge on any atom is -0.444 e. The molecule has 17 nitrogen and oxygen atoms in total. The van der Waals surface area contributed by atoms with Crippen LogP contribution in [-0.2, 0) is 32.7 Å². The first-order valence-electron chi connectivity index (χ1n) is 23.2. The molecule has 2 aromatic heterocycles. The normalized spacial score (nSPS) is 18.5. The molecule has 0 radical (unpaired) electrons. The molecule has 4 heterocycles. The molecule has 2 fully saturated rings. The molecule has 3 aliphatic rings. The van der Waals surface area contributed by atoms with Crippen LogP contribution < -0.4 is 15.5 Å². The van der Waals surface area contributed by atoms with Crippen molar-refractivity contribution in [2.75, 3.05) is 50.7 Å². The van der Waals surface area contributed by atoms with Gasteiger partial charge in [0.2, 0.25) is 11.8 Å². The number of imidazole rings is 1. The number of nitriles is 1. The van der Waals surface area contributed by atoms with E-state index in [9.17, 15) is 34.6 Å². The summed E-state index contributed by atoms with van der Waals surface area (Å²) in [7, 11) is 0. The first-order valence-corrected chi connectivity index (χ1v) is 23.2. The standard InChI is InChI=1S/C49H64N10O7/c1-9-32-27-34-35(49(7,8)43-41(42(34)61)33-15-14-31(29-50)26-37(33)52-43)28-38(32)56-22-24-57(25-23-56)40(60)13-11-18-55-20-16-48(5,6)39(30-55)54-44(62)36(53-46(63)66-47(2,3)4)12-10-19-58-21-17-51-45(58)59(64)65/h14-15,17,21,26-28,36,39,52H,9-13,16,18-20,22-25,30H2,1-8H3,(H,53,63)(H,54,62)/t36-,39+/m0/s1. The fourth-order valence-corrected chi connectivity index (χ4v) is 9.73. The van der Waals surface area contributed by atoms with Gasteiger partial charge in [0.05, 0.1) is 23.7 Å². The summed E-state index contributed by atoms with van der Waals surface area (Å²) in [6.07, 6.45) is 5.39. The summed E-state index contributed by atoms with van der Waals surface area (Å²) in [5, 5.41) is 27.6. The van der Waals surface area contributed by atoms with Gasteiger partial charge < -0.3 is 45.2 Å². The number of H-pyrrole nitrogens is 1. The first-order chi connectivity index (χ1) is 31.2. The van der Waals surface area contributed by atoms with Crippen LogP contribution in [0, 0.1) is 26.9 Å². The largest absolute Gasteiger partial charge is 0.444 e. The van der Waals surface area contributed by atoms with Crippen LogP contribution in [0.5, 0.6) is 0 Å². The van der Waals surface area contributed by atoms with Crippen LogP contribution in [0.25, 0.3) is 10.9 Å². The zero-order chi connectivity index (χ0) is 47.7. The molecule has 0 saturated carbocycles. The number of likely N-dealkylation sites (tertiary alicyclic amines) is 1. The highest BCUT2D eigenvalue weighted by molar-refractivity contribution is 6.20. The summed E-state index contributed by atoms with van der Waals surface area (Å²) >= 11 is 0. The number of aromatic amines is 1. The van der Waals surface area contributed by atoms with Crippen molar-refractivity contribution in [1.29, 1.82) is 5.26 Å². The monoisotopic (exact) mass is 904 g/mol. The second-order valence-electron chi connectivity index (χ2n) is 20.2. The van der Waals surface area contributed by atoms with E-state index in [-0.39, 0.29) is 48.0 Å². The van der Waals surface area contributed by atoms with Crippen LogP contribution in [0.3, 0.4) is 0 Å². The molecule has 2 aromatic carbocycles. The maximum atomic E-state index is 14.2. The molecule has 1 aliphatic carbocycles. The van der Waals surface area contributed by atoms with E-state index in [2.05, 4.69) is 83.2 Å². The fraction of sp³-hybridized carbons (Fsp3) is 0.551. The van der Waals surface area contributed by atoms with Crippen LogP contribution in [-0.4, -0.2) is 116 Å². The SMILES string of the molecule is CCc1cc2c(cc1N1CCN(C(=O)CCCN3CCC(C)(C)[C@H](NC(=O)[C@H](CCCn4ccnc4[N+](=O)[O-])NC(=O)OC(C)(C)C)C3)CC1)C(C)(C)c1[nH]c3cc(C#N)ccc3c1C2=O. The topological polar surface area (TPSA) is 212 Å². The van der Waals surface area contributed by atoms with Crippen LogP contribution >= 0.6 is 0 Å². The molecule has 17 heteroatoms. The number of carbonyl (C=O) groups excluding carboxylic acids is 4. The van der Waals surface area contributed by atoms with Gasteiger partial charge in [0.15, 0.2) is 5.78 Å². The lowest BCUT2D eigenvalue weighted by molar-refractivity contribution is -0.396. The second kappa shape index (κ2) is 18.9. The molecule has 0 spiro atoms. The number of fused-ring (bicyclic) bond motifs is 4. The Morgan fingerprint density at radius 2 is 1.80 bits per heavy atom. The number of aromatic nitrogens is 3. The van der Waals surface area contributed by atoms with Crippen LogP contribution in [0.2, 0.25) is 0 Å². The van der Waals surface area contributed by atoms with E-state index >= 15 is 0 Å². The number of ether oxygens (including phenoxy) is 1. The molecular formula is C49H64N10O7.